The summed E-state index contributed by atoms with van der Waals surface area (Å²) >= 11 is 0. The van der Waals surface area contributed by atoms with Crippen molar-refractivity contribution in [1.82, 2.24) is 15.6 Å². The second kappa shape index (κ2) is 9.02. The molecule has 0 aliphatic heterocycles. The first-order valence-corrected chi connectivity index (χ1v) is 8.90. The molecule has 0 bridgehead atoms. The van der Waals surface area contributed by atoms with Gasteiger partial charge in [0.1, 0.15) is 11.4 Å². The molecule has 3 N–H and O–H groups in total. The van der Waals surface area contributed by atoms with Crippen molar-refractivity contribution in [3.63, 3.8) is 0 Å². The first-order valence-electron chi connectivity index (χ1n) is 8.90. The molecule has 2 aromatic carbocycles. The average Bonchev–Trinajstić information content (AvgIpc) is 3.13. The molecule has 3 rings (SSSR count). The van der Waals surface area contributed by atoms with E-state index >= 15 is 0 Å². The van der Waals surface area contributed by atoms with Gasteiger partial charge in [-0.05, 0) is 42.0 Å². The maximum absolute atomic E-state index is 12.8. The Labute approximate surface area is 172 Å². The molecule has 1 heterocycles. The van der Waals surface area contributed by atoms with Crippen LogP contribution in [0.2, 0.25) is 0 Å². The number of carbonyl (C=O) groups is 2. The third-order valence-corrected chi connectivity index (χ3v) is 4.22. The molecule has 0 saturated heterocycles. The number of ether oxygens (including phenoxy) is 1. The van der Waals surface area contributed by atoms with E-state index < -0.39 is 36.7 Å². The van der Waals surface area contributed by atoms with Crippen molar-refractivity contribution in [3.8, 4) is 5.75 Å². The van der Waals surface area contributed by atoms with Gasteiger partial charge in [0, 0.05) is 17.4 Å². The molecule has 164 valence electrons. The zero-order chi connectivity index (χ0) is 22.6. The summed E-state index contributed by atoms with van der Waals surface area (Å²) in [4.78, 5) is 26.8. The van der Waals surface area contributed by atoms with Crippen LogP contribution in [0.15, 0.2) is 48.5 Å². The van der Waals surface area contributed by atoms with E-state index in [0.29, 0.717) is 11.1 Å². The number of benzene rings is 2. The highest BCUT2D eigenvalue weighted by Gasteiger charge is 2.30. The number of aromatic amines is 1. The van der Waals surface area contributed by atoms with Crippen LogP contribution in [0.1, 0.15) is 21.6 Å². The molecule has 0 radical (unpaired) electrons. The Balaban J connectivity index is 1.54. The molecule has 31 heavy (non-hydrogen) atoms. The fourth-order valence-corrected chi connectivity index (χ4v) is 2.78. The van der Waals surface area contributed by atoms with Crippen LogP contribution in [-0.4, -0.2) is 30.0 Å². The minimum Gasteiger partial charge on any atom is -0.435 e. The number of rotatable bonds is 7. The number of fused-ring (bicyclic) bond motifs is 1. The van der Waals surface area contributed by atoms with Crippen LogP contribution in [0.5, 0.6) is 5.75 Å². The van der Waals surface area contributed by atoms with Crippen molar-refractivity contribution in [2.75, 3.05) is 6.54 Å². The molecule has 0 aliphatic rings. The van der Waals surface area contributed by atoms with Crippen molar-refractivity contribution >= 4 is 22.7 Å². The van der Waals surface area contributed by atoms with Gasteiger partial charge in [0.05, 0.1) is 12.1 Å². The highest BCUT2D eigenvalue weighted by atomic mass is 19.4. The summed E-state index contributed by atoms with van der Waals surface area (Å²) < 4.78 is 67.1. The molecule has 0 fully saturated rings. The predicted octanol–water partition coefficient (Wildman–Crippen LogP) is 3.83. The minimum atomic E-state index is -4.50. The molecule has 3 aromatic rings. The molecule has 1 aromatic heterocycles. The van der Waals surface area contributed by atoms with Crippen molar-refractivity contribution < 1.29 is 36.3 Å². The van der Waals surface area contributed by atoms with Gasteiger partial charge in [-0.1, -0.05) is 12.1 Å². The summed E-state index contributed by atoms with van der Waals surface area (Å²) in [5.74, 6) is -1.28. The van der Waals surface area contributed by atoms with Gasteiger partial charge < -0.3 is 20.4 Å². The lowest BCUT2D eigenvalue weighted by Crippen LogP contribution is -2.36. The summed E-state index contributed by atoms with van der Waals surface area (Å²) in [7, 11) is 0. The molecule has 0 aliphatic carbocycles. The SMILES string of the molecule is O=C(CNC(=O)c1cc2cc(C(F)(F)F)ccc2[nH]1)NCc1cccc(OC(F)F)c1. The lowest BCUT2D eigenvalue weighted by molar-refractivity contribution is -0.137. The first-order chi connectivity index (χ1) is 14.6. The van der Waals surface area contributed by atoms with Crippen LogP contribution in [-0.2, 0) is 17.5 Å². The Hall–Kier alpha value is -3.63. The van der Waals surface area contributed by atoms with E-state index in [4.69, 9.17) is 0 Å². The Morgan fingerprint density at radius 1 is 1.03 bits per heavy atom. The zero-order valence-corrected chi connectivity index (χ0v) is 15.7. The Bertz CT molecular complexity index is 1100. The van der Waals surface area contributed by atoms with Gasteiger partial charge >= 0.3 is 12.8 Å². The first kappa shape index (κ1) is 22.1. The fourth-order valence-electron chi connectivity index (χ4n) is 2.78. The number of carbonyl (C=O) groups excluding carboxylic acids is 2. The molecule has 0 unspecified atom stereocenters. The standard InChI is InChI=1S/C20H16F5N3O3/c21-19(22)31-14-3-1-2-11(6-14)9-26-17(29)10-27-18(30)16-8-12-7-13(20(23,24)25)4-5-15(12)28-16/h1-8,19,28H,9-10H2,(H,26,29)(H,27,30). The van der Waals surface area contributed by atoms with Gasteiger partial charge in [0.25, 0.3) is 5.91 Å². The lowest BCUT2D eigenvalue weighted by Gasteiger charge is -2.09. The Morgan fingerprint density at radius 3 is 2.52 bits per heavy atom. The van der Waals surface area contributed by atoms with E-state index in [1.807, 2.05) is 0 Å². The van der Waals surface area contributed by atoms with Gasteiger partial charge in [-0.2, -0.15) is 22.0 Å². The van der Waals surface area contributed by atoms with Gasteiger partial charge in [-0.15, -0.1) is 0 Å². The molecule has 0 atom stereocenters. The van der Waals surface area contributed by atoms with E-state index in [9.17, 15) is 31.5 Å². The number of aromatic nitrogens is 1. The topological polar surface area (TPSA) is 83.2 Å². The predicted molar refractivity (Wildman–Crippen MR) is 101 cm³/mol. The number of H-pyrrole nitrogens is 1. The lowest BCUT2D eigenvalue weighted by atomic mass is 10.1. The van der Waals surface area contributed by atoms with Crippen molar-refractivity contribution in [1.29, 1.82) is 0 Å². The van der Waals surface area contributed by atoms with Crippen LogP contribution in [0.25, 0.3) is 10.9 Å². The minimum absolute atomic E-state index is 0.000950. The largest absolute Gasteiger partial charge is 0.435 e. The number of amides is 2. The Kier molecular flexibility index (Phi) is 6.42. The third-order valence-electron chi connectivity index (χ3n) is 4.22. The molecule has 0 spiro atoms. The molecule has 0 saturated carbocycles. The molecular weight excluding hydrogens is 425 g/mol. The van der Waals surface area contributed by atoms with E-state index in [1.54, 1.807) is 6.07 Å². The number of nitrogens with one attached hydrogen (secondary N) is 3. The summed E-state index contributed by atoms with van der Waals surface area (Å²) in [5.41, 5.74) is 0.00902. The molecule has 2 amide bonds. The maximum Gasteiger partial charge on any atom is 0.416 e. The highest BCUT2D eigenvalue weighted by Crippen LogP contribution is 2.31. The molecular formula is C20H16F5N3O3. The summed E-state index contributed by atoms with van der Waals surface area (Å²) in [6.45, 7) is -3.35. The second-order valence-electron chi connectivity index (χ2n) is 6.47. The van der Waals surface area contributed by atoms with Gasteiger partial charge in [-0.25, -0.2) is 0 Å². The quantitative estimate of drug-likeness (QED) is 0.488. The molecule has 6 nitrogen and oxygen atoms in total. The van der Waals surface area contributed by atoms with Crippen molar-refractivity contribution in [2.24, 2.45) is 0 Å². The maximum atomic E-state index is 12.8. The average molecular weight is 441 g/mol. The second-order valence-corrected chi connectivity index (χ2v) is 6.47. The van der Waals surface area contributed by atoms with Crippen molar-refractivity contribution in [3.05, 3.63) is 65.4 Å². The normalized spacial score (nSPS) is 11.5. The number of hydrogen-bond acceptors (Lipinski definition) is 3. The van der Waals surface area contributed by atoms with E-state index in [2.05, 4.69) is 20.4 Å². The van der Waals surface area contributed by atoms with Gasteiger partial charge in [0.15, 0.2) is 0 Å². The van der Waals surface area contributed by atoms with E-state index in [1.165, 1.54) is 30.3 Å². The monoisotopic (exact) mass is 441 g/mol. The zero-order valence-electron chi connectivity index (χ0n) is 15.7. The van der Waals surface area contributed by atoms with Crippen LogP contribution in [0, 0.1) is 0 Å². The summed E-state index contributed by atoms with van der Waals surface area (Å²) in [6, 6.07) is 10.1. The number of alkyl halides is 5. The fraction of sp³-hybridized carbons (Fsp3) is 0.200. The summed E-state index contributed by atoms with van der Waals surface area (Å²) in [6.07, 6.45) is -4.50. The number of halogens is 5. The van der Waals surface area contributed by atoms with Crippen LogP contribution in [0.3, 0.4) is 0 Å². The van der Waals surface area contributed by atoms with Crippen LogP contribution in [0.4, 0.5) is 22.0 Å². The smallest absolute Gasteiger partial charge is 0.416 e. The van der Waals surface area contributed by atoms with Gasteiger partial charge in [0.2, 0.25) is 5.91 Å². The summed E-state index contributed by atoms with van der Waals surface area (Å²) in [5, 5.41) is 5.06. The van der Waals surface area contributed by atoms with Gasteiger partial charge in [-0.3, -0.25) is 9.59 Å². The van der Waals surface area contributed by atoms with E-state index in [0.717, 1.165) is 12.1 Å². The Morgan fingerprint density at radius 2 is 1.81 bits per heavy atom. The third kappa shape index (κ3) is 5.93. The van der Waals surface area contributed by atoms with Crippen LogP contribution >= 0.6 is 0 Å². The number of hydrogen-bond donors (Lipinski definition) is 3. The van der Waals surface area contributed by atoms with Crippen LogP contribution < -0.4 is 15.4 Å². The highest BCUT2D eigenvalue weighted by molar-refractivity contribution is 5.99. The van der Waals surface area contributed by atoms with E-state index in [-0.39, 0.29) is 23.4 Å². The molecule has 11 heteroatoms. The van der Waals surface area contributed by atoms with Crippen molar-refractivity contribution in [2.45, 2.75) is 19.3 Å².